The quantitative estimate of drug-likeness (QED) is 0.896. The number of halogens is 1. The zero-order chi connectivity index (χ0) is 12.3. The molecular formula is C14H21ClN2. The lowest BCUT2D eigenvalue weighted by Crippen LogP contribution is -2.39. The number of hydrogen-bond donors (Lipinski definition) is 1. The first-order chi connectivity index (χ1) is 8.22. The van der Waals surface area contributed by atoms with E-state index in [2.05, 4.69) is 24.0 Å². The van der Waals surface area contributed by atoms with Gasteiger partial charge in [-0.15, -0.1) is 0 Å². The molecule has 1 aromatic carbocycles. The van der Waals surface area contributed by atoms with Crippen LogP contribution in [0.5, 0.6) is 0 Å². The number of rotatable bonds is 3. The molecule has 1 aromatic rings. The lowest BCUT2D eigenvalue weighted by atomic mass is 9.95. The first-order valence-electron chi connectivity index (χ1n) is 6.41. The SMILES string of the molecule is CC(c1ccccc1Cl)N1CCCC(CN)C1. The zero-order valence-electron chi connectivity index (χ0n) is 10.4. The fourth-order valence-electron chi connectivity index (χ4n) is 2.65. The summed E-state index contributed by atoms with van der Waals surface area (Å²) in [5, 5.41) is 0.870. The molecule has 1 fully saturated rings. The summed E-state index contributed by atoms with van der Waals surface area (Å²) in [5.41, 5.74) is 7.01. The molecule has 0 spiro atoms. The molecule has 1 aliphatic rings. The number of hydrogen-bond acceptors (Lipinski definition) is 2. The van der Waals surface area contributed by atoms with E-state index in [4.69, 9.17) is 17.3 Å². The van der Waals surface area contributed by atoms with E-state index < -0.39 is 0 Å². The maximum atomic E-state index is 6.26. The molecule has 0 amide bonds. The van der Waals surface area contributed by atoms with Crippen molar-refractivity contribution in [3.05, 3.63) is 34.9 Å². The minimum atomic E-state index is 0.387. The molecule has 3 heteroatoms. The van der Waals surface area contributed by atoms with Gasteiger partial charge in [-0.25, -0.2) is 0 Å². The summed E-state index contributed by atoms with van der Waals surface area (Å²) >= 11 is 6.26. The summed E-state index contributed by atoms with van der Waals surface area (Å²) in [5.74, 6) is 0.647. The number of piperidine rings is 1. The van der Waals surface area contributed by atoms with Crippen LogP contribution < -0.4 is 5.73 Å². The number of benzene rings is 1. The van der Waals surface area contributed by atoms with Crippen molar-refractivity contribution in [1.82, 2.24) is 4.90 Å². The predicted molar refractivity (Wildman–Crippen MR) is 73.2 cm³/mol. The zero-order valence-corrected chi connectivity index (χ0v) is 11.2. The summed E-state index contributed by atoms with van der Waals surface area (Å²) in [6.07, 6.45) is 2.51. The largest absolute Gasteiger partial charge is 0.330 e. The highest BCUT2D eigenvalue weighted by Crippen LogP contribution is 2.30. The topological polar surface area (TPSA) is 29.3 Å². The van der Waals surface area contributed by atoms with Gasteiger partial charge in [-0.1, -0.05) is 29.8 Å². The lowest BCUT2D eigenvalue weighted by Gasteiger charge is -2.36. The van der Waals surface area contributed by atoms with E-state index in [0.29, 0.717) is 12.0 Å². The first kappa shape index (κ1) is 12.9. The highest BCUT2D eigenvalue weighted by molar-refractivity contribution is 6.31. The maximum Gasteiger partial charge on any atom is 0.0453 e. The van der Waals surface area contributed by atoms with Crippen LogP contribution in [0.3, 0.4) is 0 Å². The molecular weight excluding hydrogens is 232 g/mol. The maximum absolute atomic E-state index is 6.26. The van der Waals surface area contributed by atoms with Gasteiger partial charge in [0.25, 0.3) is 0 Å². The number of nitrogens with zero attached hydrogens (tertiary/aromatic N) is 1. The summed E-state index contributed by atoms with van der Waals surface area (Å²) in [6.45, 7) is 5.29. The van der Waals surface area contributed by atoms with E-state index in [1.165, 1.54) is 18.4 Å². The Balaban J connectivity index is 2.09. The van der Waals surface area contributed by atoms with E-state index in [1.807, 2.05) is 12.1 Å². The van der Waals surface area contributed by atoms with Gasteiger partial charge in [0.05, 0.1) is 0 Å². The van der Waals surface area contributed by atoms with Gasteiger partial charge < -0.3 is 5.73 Å². The molecule has 17 heavy (non-hydrogen) atoms. The average Bonchev–Trinajstić information content (AvgIpc) is 2.38. The van der Waals surface area contributed by atoms with Crippen molar-refractivity contribution in [2.75, 3.05) is 19.6 Å². The minimum Gasteiger partial charge on any atom is -0.330 e. The van der Waals surface area contributed by atoms with Crippen molar-refractivity contribution in [2.24, 2.45) is 11.7 Å². The van der Waals surface area contributed by atoms with Gasteiger partial charge in [-0.05, 0) is 50.4 Å². The molecule has 0 aliphatic carbocycles. The van der Waals surface area contributed by atoms with Gasteiger partial charge in [0.15, 0.2) is 0 Å². The van der Waals surface area contributed by atoms with E-state index in [-0.39, 0.29) is 0 Å². The average molecular weight is 253 g/mol. The van der Waals surface area contributed by atoms with Crippen molar-refractivity contribution in [1.29, 1.82) is 0 Å². The van der Waals surface area contributed by atoms with Crippen molar-refractivity contribution >= 4 is 11.6 Å². The molecule has 0 aromatic heterocycles. The molecule has 2 unspecified atom stereocenters. The highest BCUT2D eigenvalue weighted by Gasteiger charge is 2.24. The van der Waals surface area contributed by atoms with Crippen LogP contribution in [0, 0.1) is 5.92 Å². The van der Waals surface area contributed by atoms with Crippen molar-refractivity contribution < 1.29 is 0 Å². The normalized spacial score (nSPS) is 23.6. The van der Waals surface area contributed by atoms with Gasteiger partial charge in [0, 0.05) is 17.6 Å². The van der Waals surface area contributed by atoms with E-state index in [9.17, 15) is 0 Å². The number of nitrogens with two attached hydrogens (primary N) is 1. The van der Waals surface area contributed by atoms with Crippen LogP contribution in [0.25, 0.3) is 0 Å². The van der Waals surface area contributed by atoms with Crippen molar-refractivity contribution in [3.8, 4) is 0 Å². The molecule has 1 heterocycles. The minimum absolute atomic E-state index is 0.387. The third kappa shape index (κ3) is 3.01. The Morgan fingerprint density at radius 3 is 2.94 bits per heavy atom. The molecule has 2 rings (SSSR count). The second-order valence-corrected chi connectivity index (χ2v) is 5.34. The van der Waals surface area contributed by atoms with Crippen LogP contribution in [0.2, 0.25) is 5.02 Å². The number of likely N-dealkylation sites (tertiary alicyclic amines) is 1. The summed E-state index contributed by atoms with van der Waals surface area (Å²) in [6, 6.07) is 8.52. The van der Waals surface area contributed by atoms with Crippen LogP contribution in [-0.4, -0.2) is 24.5 Å². The summed E-state index contributed by atoms with van der Waals surface area (Å²) < 4.78 is 0. The van der Waals surface area contributed by atoms with Crippen LogP contribution in [-0.2, 0) is 0 Å². The first-order valence-corrected chi connectivity index (χ1v) is 6.78. The standard InChI is InChI=1S/C14H21ClN2/c1-11(13-6-2-3-7-14(13)15)17-8-4-5-12(9-16)10-17/h2-3,6-7,11-12H,4-5,8-10,16H2,1H3. The fraction of sp³-hybridized carbons (Fsp3) is 0.571. The van der Waals surface area contributed by atoms with Crippen LogP contribution in [0.4, 0.5) is 0 Å². The molecule has 2 N–H and O–H groups in total. The Hall–Kier alpha value is -0.570. The second kappa shape index (κ2) is 5.85. The van der Waals surface area contributed by atoms with Crippen LogP contribution in [0.1, 0.15) is 31.4 Å². The molecule has 2 atom stereocenters. The third-order valence-electron chi connectivity index (χ3n) is 3.79. The van der Waals surface area contributed by atoms with Crippen LogP contribution in [0.15, 0.2) is 24.3 Å². The molecule has 0 saturated carbocycles. The molecule has 0 radical (unpaired) electrons. The Morgan fingerprint density at radius 1 is 1.47 bits per heavy atom. The van der Waals surface area contributed by atoms with Gasteiger partial charge in [-0.3, -0.25) is 4.90 Å². The van der Waals surface area contributed by atoms with Crippen LogP contribution >= 0.6 is 11.6 Å². The van der Waals surface area contributed by atoms with Gasteiger partial charge in [-0.2, -0.15) is 0 Å². The summed E-state index contributed by atoms with van der Waals surface area (Å²) in [7, 11) is 0. The molecule has 0 bridgehead atoms. The van der Waals surface area contributed by atoms with Gasteiger partial charge >= 0.3 is 0 Å². The van der Waals surface area contributed by atoms with E-state index >= 15 is 0 Å². The fourth-order valence-corrected chi connectivity index (χ4v) is 2.95. The van der Waals surface area contributed by atoms with E-state index in [1.54, 1.807) is 0 Å². The Labute approximate surface area is 109 Å². The smallest absolute Gasteiger partial charge is 0.0453 e. The molecule has 2 nitrogen and oxygen atoms in total. The molecule has 1 aliphatic heterocycles. The Morgan fingerprint density at radius 2 is 2.24 bits per heavy atom. The van der Waals surface area contributed by atoms with Crippen molar-refractivity contribution in [3.63, 3.8) is 0 Å². The third-order valence-corrected chi connectivity index (χ3v) is 4.13. The van der Waals surface area contributed by atoms with E-state index in [0.717, 1.165) is 24.7 Å². The Bertz CT molecular complexity index is 367. The lowest BCUT2D eigenvalue weighted by molar-refractivity contribution is 0.134. The predicted octanol–water partition coefficient (Wildman–Crippen LogP) is 3.07. The summed E-state index contributed by atoms with van der Waals surface area (Å²) in [4.78, 5) is 2.50. The van der Waals surface area contributed by atoms with Gasteiger partial charge in [0.2, 0.25) is 0 Å². The van der Waals surface area contributed by atoms with Crippen molar-refractivity contribution in [2.45, 2.75) is 25.8 Å². The highest BCUT2D eigenvalue weighted by atomic mass is 35.5. The monoisotopic (exact) mass is 252 g/mol. The second-order valence-electron chi connectivity index (χ2n) is 4.94. The molecule has 1 saturated heterocycles. The van der Waals surface area contributed by atoms with Gasteiger partial charge in [0.1, 0.15) is 0 Å². The Kier molecular flexibility index (Phi) is 4.43. The molecule has 94 valence electrons.